The third kappa shape index (κ3) is 3.82. The summed E-state index contributed by atoms with van der Waals surface area (Å²) in [5.74, 6) is 0.969. The summed E-state index contributed by atoms with van der Waals surface area (Å²) in [6.07, 6.45) is 4.97. The van der Waals surface area contributed by atoms with Crippen molar-refractivity contribution in [1.29, 1.82) is 0 Å². The summed E-state index contributed by atoms with van der Waals surface area (Å²) < 4.78 is 5.40. The number of aromatic nitrogens is 1. The summed E-state index contributed by atoms with van der Waals surface area (Å²) in [5, 5.41) is 7.56. The summed E-state index contributed by atoms with van der Waals surface area (Å²) in [7, 11) is 2.16. The van der Waals surface area contributed by atoms with Crippen molar-refractivity contribution in [1.82, 2.24) is 15.4 Å². The zero-order valence-corrected chi connectivity index (χ0v) is 11.8. The van der Waals surface area contributed by atoms with Gasteiger partial charge in [-0.2, -0.15) is 0 Å². The molecule has 1 aromatic rings. The van der Waals surface area contributed by atoms with Gasteiger partial charge in [0.25, 0.3) is 0 Å². The second-order valence-electron chi connectivity index (χ2n) is 5.33. The van der Waals surface area contributed by atoms with Crippen molar-refractivity contribution >= 4 is 0 Å². The van der Waals surface area contributed by atoms with Crippen LogP contribution in [0.1, 0.15) is 51.0 Å². The zero-order chi connectivity index (χ0) is 13.0. The molecule has 4 nitrogen and oxygen atoms in total. The van der Waals surface area contributed by atoms with Gasteiger partial charge in [-0.3, -0.25) is 4.90 Å². The minimum Gasteiger partial charge on any atom is -0.360 e. The van der Waals surface area contributed by atoms with Crippen molar-refractivity contribution in [2.24, 2.45) is 0 Å². The van der Waals surface area contributed by atoms with E-state index in [9.17, 15) is 0 Å². The summed E-state index contributed by atoms with van der Waals surface area (Å²) in [5.41, 5.74) is 1.02. The molecule has 1 aromatic heterocycles. The number of nitrogens with zero attached hydrogens (tertiary/aromatic N) is 2. The van der Waals surface area contributed by atoms with Gasteiger partial charge < -0.3 is 9.84 Å². The molecule has 0 saturated heterocycles. The molecule has 0 amide bonds. The van der Waals surface area contributed by atoms with Gasteiger partial charge in [-0.15, -0.1) is 0 Å². The van der Waals surface area contributed by atoms with Gasteiger partial charge in [0.15, 0.2) is 5.76 Å². The van der Waals surface area contributed by atoms with Crippen LogP contribution in [0.3, 0.4) is 0 Å². The van der Waals surface area contributed by atoms with E-state index in [1.165, 1.54) is 25.7 Å². The minimum atomic E-state index is 0.628. The first kappa shape index (κ1) is 13.6. The Labute approximate surface area is 110 Å². The topological polar surface area (TPSA) is 41.3 Å². The molecule has 4 heteroatoms. The van der Waals surface area contributed by atoms with E-state index in [0.29, 0.717) is 6.04 Å². The van der Waals surface area contributed by atoms with E-state index in [1.807, 2.05) is 0 Å². The van der Waals surface area contributed by atoms with Crippen LogP contribution >= 0.6 is 0 Å². The molecular formula is C14H25N3O. The summed E-state index contributed by atoms with van der Waals surface area (Å²) in [6, 6.07) is 3.43. The van der Waals surface area contributed by atoms with Gasteiger partial charge in [0.05, 0.1) is 12.2 Å². The summed E-state index contributed by atoms with van der Waals surface area (Å²) in [6.45, 7) is 6.15. The van der Waals surface area contributed by atoms with Crippen molar-refractivity contribution in [3.63, 3.8) is 0 Å². The maximum absolute atomic E-state index is 5.40. The van der Waals surface area contributed by atoms with E-state index in [-0.39, 0.29) is 0 Å². The number of hydrogen-bond acceptors (Lipinski definition) is 4. The maximum atomic E-state index is 5.40. The van der Waals surface area contributed by atoms with Gasteiger partial charge in [0.1, 0.15) is 0 Å². The third-order valence-electron chi connectivity index (χ3n) is 3.73. The smallest absolute Gasteiger partial charge is 0.151 e. The SMILES string of the molecule is CCC(CC)N(C)Cc1cc(CNC2CC2)no1. The molecule has 0 spiro atoms. The molecule has 1 N–H and O–H groups in total. The van der Waals surface area contributed by atoms with Gasteiger partial charge >= 0.3 is 0 Å². The van der Waals surface area contributed by atoms with E-state index in [0.717, 1.165) is 30.6 Å². The van der Waals surface area contributed by atoms with Crippen LogP contribution in [0.15, 0.2) is 10.6 Å². The van der Waals surface area contributed by atoms with Gasteiger partial charge in [-0.1, -0.05) is 19.0 Å². The van der Waals surface area contributed by atoms with Crippen LogP contribution < -0.4 is 5.32 Å². The lowest BCUT2D eigenvalue weighted by Crippen LogP contribution is -2.29. The number of hydrogen-bond donors (Lipinski definition) is 1. The zero-order valence-electron chi connectivity index (χ0n) is 11.8. The number of nitrogens with one attached hydrogen (secondary N) is 1. The molecule has 1 aliphatic carbocycles. The van der Waals surface area contributed by atoms with Gasteiger partial charge in [-0.05, 0) is 32.7 Å². The average Bonchev–Trinajstić information content (AvgIpc) is 3.09. The van der Waals surface area contributed by atoms with E-state index in [1.54, 1.807) is 0 Å². The molecule has 102 valence electrons. The lowest BCUT2D eigenvalue weighted by molar-refractivity contribution is 0.197. The highest BCUT2D eigenvalue weighted by atomic mass is 16.5. The van der Waals surface area contributed by atoms with Crippen molar-refractivity contribution in [2.45, 2.75) is 64.7 Å². The van der Waals surface area contributed by atoms with Crippen LogP contribution in [-0.4, -0.2) is 29.2 Å². The van der Waals surface area contributed by atoms with Crippen LogP contribution in [0, 0.1) is 0 Å². The third-order valence-corrected chi connectivity index (χ3v) is 3.73. The summed E-state index contributed by atoms with van der Waals surface area (Å²) in [4.78, 5) is 2.35. The molecule has 0 atom stereocenters. The van der Waals surface area contributed by atoms with E-state index >= 15 is 0 Å². The molecular weight excluding hydrogens is 226 g/mol. The van der Waals surface area contributed by atoms with Gasteiger partial charge in [0, 0.05) is 24.7 Å². The molecule has 1 aliphatic rings. The Morgan fingerprint density at radius 1 is 1.44 bits per heavy atom. The lowest BCUT2D eigenvalue weighted by atomic mass is 10.1. The standard InChI is InChI=1S/C14H25N3O/c1-4-13(5-2)17(3)10-14-8-12(16-18-14)9-15-11-6-7-11/h8,11,13,15H,4-7,9-10H2,1-3H3. The van der Waals surface area contributed by atoms with Crippen LogP contribution in [0.5, 0.6) is 0 Å². The maximum Gasteiger partial charge on any atom is 0.151 e. The fourth-order valence-corrected chi connectivity index (χ4v) is 2.34. The van der Waals surface area contributed by atoms with Crippen molar-refractivity contribution < 1.29 is 4.52 Å². The van der Waals surface area contributed by atoms with E-state index in [2.05, 4.69) is 42.3 Å². The average molecular weight is 251 g/mol. The van der Waals surface area contributed by atoms with Crippen LogP contribution in [0.2, 0.25) is 0 Å². The molecule has 0 aliphatic heterocycles. The highest BCUT2D eigenvalue weighted by molar-refractivity contribution is 5.05. The molecule has 2 rings (SSSR count). The van der Waals surface area contributed by atoms with Crippen LogP contribution in [0.4, 0.5) is 0 Å². The van der Waals surface area contributed by atoms with Gasteiger partial charge in [-0.25, -0.2) is 0 Å². The van der Waals surface area contributed by atoms with Crippen LogP contribution in [-0.2, 0) is 13.1 Å². The Kier molecular flexibility index (Phi) is 4.78. The Bertz CT molecular complexity index is 356. The van der Waals surface area contributed by atoms with E-state index < -0.39 is 0 Å². The Hall–Kier alpha value is -0.870. The monoisotopic (exact) mass is 251 g/mol. The first-order chi connectivity index (χ1) is 8.72. The highest BCUT2D eigenvalue weighted by Gasteiger charge is 2.21. The number of rotatable bonds is 8. The van der Waals surface area contributed by atoms with E-state index in [4.69, 9.17) is 4.52 Å². The first-order valence-electron chi connectivity index (χ1n) is 7.11. The van der Waals surface area contributed by atoms with Crippen molar-refractivity contribution in [3.8, 4) is 0 Å². The van der Waals surface area contributed by atoms with Crippen LogP contribution in [0.25, 0.3) is 0 Å². The predicted molar refractivity (Wildman–Crippen MR) is 72.2 cm³/mol. The fraction of sp³-hybridized carbons (Fsp3) is 0.786. The van der Waals surface area contributed by atoms with Crippen molar-refractivity contribution in [3.05, 3.63) is 17.5 Å². The fourth-order valence-electron chi connectivity index (χ4n) is 2.34. The first-order valence-corrected chi connectivity index (χ1v) is 7.11. The quantitative estimate of drug-likeness (QED) is 0.771. The predicted octanol–water partition coefficient (Wildman–Crippen LogP) is 2.55. The molecule has 1 heterocycles. The summed E-state index contributed by atoms with van der Waals surface area (Å²) >= 11 is 0. The second-order valence-corrected chi connectivity index (χ2v) is 5.33. The molecule has 18 heavy (non-hydrogen) atoms. The Morgan fingerprint density at radius 3 is 2.78 bits per heavy atom. The molecule has 0 unspecified atom stereocenters. The Morgan fingerprint density at radius 2 is 2.17 bits per heavy atom. The molecule has 0 radical (unpaired) electrons. The second kappa shape index (κ2) is 6.34. The highest BCUT2D eigenvalue weighted by Crippen LogP contribution is 2.19. The van der Waals surface area contributed by atoms with Gasteiger partial charge in [0.2, 0.25) is 0 Å². The largest absolute Gasteiger partial charge is 0.360 e. The molecule has 1 saturated carbocycles. The Balaban J connectivity index is 1.80. The molecule has 1 fully saturated rings. The normalized spacial score (nSPS) is 15.8. The molecule has 0 aromatic carbocycles. The minimum absolute atomic E-state index is 0.628. The lowest BCUT2D eigenvalue weighted by Gasteiger charge is -2.24. The molecule has 0 bridgehead atoms. The van der Waals surface area contributed by atoms with Crippen molar-refractivity contribution in [2.75, 3.05) is 7.05 Å².